The minimum Gasteiger partial charge on any atom is -0.461 e. The maximum Gasteiger partial charge on any atom is 0.302 e. The molecule has 0 saturated carbocycles. The Hall–Kier alpha value is -2.42. The van der Waals surface area contributed by atoms with Crippen molar-refractivity contribution in [1.82, 2.24) is 0 Å². The molecule has 0 N–H and O–H groups in total. The van der Waals surface area contributed by atoms with Crippen LogP contribution in [0, 0.1) is 20.2 Å². The zero-order valence-electron chi connectivity index (χ0n) is 11.3. The van der Waals surface area contributed by atoms with E-state index >= 15 is 0 Å². The van der Waals surface area contributed by atoms with Crippen molar-refractivity contribution in [3.8, 4) is 0 Å². The van der Waals surface area contributed by atoms with Crippen molar-refractivity contribution < 1.29 is 19.4 Å². The van der Waals surface area contributed by atoms with Gasteiger partial charge < -0.3 is 4.74 Å². The van der Waals surface area contributed by atoms with Crippen LogP contribution in [0.2, 0.25) is 0 Å². The van der Waals surface area contributed by atoms with Gasteiger partial charge in [-0.05, 0) is 24.0 Å². The Morgan fingerprint density at radius 1 is 1.29 bits per heavy atom. The molecule has 0 fully saturated rings. The van der Waals surface area contributed by atoms with E-state index in [1.807, 2.05) is 0 Å². The molecule has 112 valence electrons. The van der Waals surface area contributed by atoms with Gasteiger partial charge >= 0.3 is 5.97 Å². The molecule has 0 bridgehead atoms. The average Bonchev–Trinajstić information content (AvgIpc) is 2.42. The standard InChI is InChI=1S/C12H12N2O6S/c1-8(6-20-9(2)15)7-21-12-4-3-10(13(16)17)5-11(12)14(18)19/h3-5,7H,6H2,1-2H3/b8-7+. The zero-order valence-corrected chi connectivity index (χ0v) is 12.1. The predicted molar refractivity (Wildman–Crippen MR) is 76.0 cm³/mol. The van der Waals surface area contributed by atoms with Gasteiger partial charge in [-0.1, -0.05) is 11.8 Å². The topological polar surface area (TPSA) is 113 Å². The average molecular weight is 312 g/mol. The fraction of sp³-hybridized carbons (Fsp3) is 0.250. The van der Waals surface area contributed by atoms with Crippen LogP contribution in [-0.2, 0) is 9.53 Å². The third-order valence-electron chi connectivity index (χ3n) is 2.24. The first-order valence-electron chi connectivity index (χ1n) is 5.69. The number of rotatable bonds is 6. The monoisotopic (exact) mass is 312 g/mol. The Balaban J connectivity index is 2.92. The molecule has 0 heterocycles. The van der Waals surface area contributed by atoms with E-state index in [1.165, 1.54) is 19.1 Å². The number of ether oxygens (including phenoxy) is 1. The van der Waals surface area contributed by atoms with E-state index in [-0.39, 0.29) is 22.9 Å². The molecule has 0 unspecified atom stereocenters. The van der Waals surface area contributed by atoms with Gasteiger partial charge in [-0.25, -0.2) is 0 Å². The number of thioether (sulfide) groups is 1. The Bertz CT molecular complexity index is 614. The van der Waals surface area contributed by atoms with Crippen LogP contribution in [0.25, 0.3) is 0 Å². The molecule has 0 aliphatic carbocycles. The molecule has 1 aromatic carbocycles. The van der Waals surface area contributed by atoms with E-state index in [9.17, 15) is 25.0 Å². The predicted octanol–water partition coefficient (Wildman–Crippen LogP) is 3.06. The van der Waals surface area contributed by atoms with Crippen LogP contribution in [0.15, 0.2) is 34.1 Å². The van der Waals surface area contributed by atoms with Gasteiger partial charge in [0.2, 0.25) is 0 Å². The lowest BCUT2D eigenvalue weighted by molar-refractivity contribution is -0.396. The minimum absolute atomic E-state index is 0.0864. The van der Waals surface area contributed by atoms with Crippen molar-refractivity contribution in [1.29, 1.82) is 0 Å². The summed E-state index contributed by atoms with van der Waals surface area (Å²) in [6, 6.07) is 3.43. The normalized spacial score (nSPS) is 11.0. The van der Waals surface area contributed by atoms with E-state index in [0.717, 1.165) is 17.8 Å². The first kappa shape index (κ1) is 16.6. The summed E-state index contributed by atoms with van der Waals surface area (Å²) in [6.45, 7) is 3.07. The smallest absolute Gasteiger partial charge is 0.302 e. The molecule has 8 nitrogen and oxygen atoms in total. The summed E-state index contributed by atoms with van der Waals surface area (Å²) in [5.41, 5.74) is 0.0141. The summed E-state index contributed by atoms with van der Waals surface area (Å²) in [5.74, 6) is -0.422. The summed E-state index contributed by atoms with van der Waals surface area (Å²) in [5, 5.41) is 23.1. The maximum absolute atomic E-state index is 10.9. The molecule has 9 heteroatoms. The van der Waals surface area contributed by atoms with Crippen molar-refractivity contribution in [2.75, 3.05) is 6.61 Å². The number of benzene rings is 1. The van der Waals surface area contributed by atoms with Crippen LogP contribution in [0.1, 0.15) is 13.8 Å². The fourth-order valence-corrected chi connectivity index (χ4v) is 2.07. The van der Waals surface area contributed by atoms with Crippen LogP contribution in [-0.4, -0.2) is 22.4 Å². The van der Waals surface area contributed by atoms with E-state index in [1.54, 1.807) is 12.3 Å². The molecular formula is C12H12N2O6S. The van der Waals surface area contributed by atoms with Crippen LogP contribution < -0.4 is 0 Å². The molecule has 0 spiro atoms. The Morgan fingerprint density at radius 2 is 1.95 bits per heavy atom. The highest BCUT2D eigenvalue weighted by atomic mass is 32.2. The number of hydrogen-bond donors (Lipinski definition) is 0. The first-order valence-corrected chi connectivity index (χ1v) is 6.57. The molecule has 0 atom stereocenters. The SMILES string of the molecule is CC(=O)OC/C(C)=C/Sc1ccc([N+](=O)[O-])cc1[N+](=O)[O-]. The van der Waals surface area contributed by atoms with Crippen molar-refractivity contribution in [3.05, 3.63) is 49.4 Å². The Morgan fingerprint density at radius 3 is 2.48 bits per heavy atom. The molecule has 1 rings (SSSR count). The number of carbonyl (C=O) groups is 1. The second-order valence-corrected chi connectivity index (χ2v) is 4.94. The highest BCUT2D eigenvalue weighted by Crippen LogP contribution is 2.33. The third-order valence-corrected chi connectivity index (χ3v) is 3.36. The van der Waals surface area contributed by atoms with Crippen LogP contribution in [0.3, 0.4) is 0 Å². The van der Waals surface area contributed by atoms with E-state index < -0.39 is 15.8 Å². The van der Waals surface area contributed by atoms with Crippen LogP contribution in [0.4, 0.5) is 11.4 Å². The van der Waals surface area contributed by atoms with Crippen molar-refractivity contribution >= 4 is 29.1 Å². The second-order valence-electron chi connectivity index (χ2n) is 4.03. The van der Waals surface area contributed by atoms with E-state index in [0.29, 0.717) is 5.57 Å². The number of non-ortho nitro benzene ring substituents is 1. The van der Waals surface area contributed by atoms with Crippen LogP contribution >= 0.6 is 11.8 Å². The summed E-state index contributed by atoms with van der Waals surface area (Å²) < 4.78 is 4.78. The Labute approximate surface area is 124 Å². The number of hydrogen-bond acceptors (Lipinski definition) is 7. The molecule has 0 radical (unpaired) electrons. The van der Waals surface area contributed by atoms with Gasteiger partial charge in [-0.15, -0.1) is 0 Å². The number of nitro groups is 2. The maximum atomic E-state index is 10.9. The number of esters is 1. The minimum atomic E-state index is -0.691. The molecule has 0 saturated heterocycles. The molecule has 0 amide bonds. The summed E-state index contributed by atoms with van der Waals surface area (Å²) in [7, 11) is 0. The zero-order chi connectivity index (χ0) is 16.0. The van der Waals surface area contributed by atoms with Crippen molar-refractivity contribution in [2.45, 2.75) is 18.7 Å². The largest absolute Gasteiger partial charge is 0.461 e. The van der Waals surface area contributed by atoms with Crippen LogP contribution in [0.5, 0.6) is 0 Å². The fourth-order valence-electron chi connectivity index (χ4n) is 1.28. The van der Waals surface area contributed by atoms with Crippen molar-refractivity contribution in [2.24, 2.45) is 0 Å². The van der Waals surface area contributed by atoms with Gasteiger partial charge in [0.05, 0.1) is 20.8 Å². The first-order chi connectivity index (χ1) is 9.81. The van der Waals surface area contributed by atoms with E-state index in [4.69, 9.17) is 4.74 Å². The molecule has 21 heavy (non-hydrogen) atoms. The third kappa shape index (κ3) is 5.22. The van der Waals surface area contributed by atoms with E-state index in [2.05, 4.69) is 0 Å². The highest BCUT2D eigenvalue weighted by Gasteiger charge is 2.19. The van der Waals surface area contributed by atoms with Gasteiger partial charge in [0.25, 0.3) is 11.4 Å². The second kappa shape index (κ2) is 7.39. The summed E-state index contributed by atoms with van der Waals surface area (Å²) >= 11 is 1.04. The Kier molecular flexibility index (Phi) is 5.85. The summed E-state index contributed by atoms with van der Waals surface area (Å²) in [4.78, 5) is 31.1. The lowest BCUT2D eigenvalue weighted by Crippen LogP contribution is -2.00. The highest BCUT2D eigenvalue weighted by molar-refractivity contribution is 8.02. The van der Waals surface area contributed by atoms with Gasteiger partial charge in [0, 0.05) is 13.0 Å². The van der Waals surface area contributed by atoms with Gasteiger partial charge in [0.15, 0.2) is 0 Å². The summed E-state index contributed by atoms with van der Waals surface area (Å²) in [6.07, 6.45) is 0. The lowest BCUT2D eigenvalue weighted by atomic mass is 10.3. The molecule has 0 aromatic heterocycles. The van der Waals surface area contributed by atoms with Gasteiger partial charge in [-0.2, -0.15) is 0 Å². The number of nitro benzene ring substituents is 2. The molecular weight excluding hydrogens is 300 g/mol. The van der Waals surface area contributed by atoms with Gasteiger partial charge in [0.1, 0.15) is 6.61 Å². The quantitative estimate of drug-likeness (QED) is 0.343. The molecule has 0 aliphatic rings. The van der Waals surface area contributed by atoms with Gasteiger partial charge in [-0.3, -0.25) is 25.0 Å². The number of nitrogens with zero attached hydrogens (tertiary/aromatic N) is 2. The van der Waals surface area contributed by atoms with Crippen molar-refractivity contribution in [3.63, 3.8) is 0 Å². The molecule has 1 aromatic rings. The number of carbonyl (C=O) groups excluding carboxylic acids is 1. The lowest BCUT2D eigenvalue weighted by Gasteiger charge is -2.03. The molecule has 0 aliphatic heterocycles.